The van der Waals surface area contributed by atoms with Crippen LogP contribution in [-0.4, -0.2) is 58.5 Å². The summed E-state index contributed by atoms with van der Waals surface area (Å²) in [6.07, 6.45) is -1.75. The van der Waals surface area contributed by atoms with Crippen molar-refractivity contribution >= 4 is 11.6 Å². The standard InChI is InChI=1S/C24H26F2N2O4/c25-19-7-14(6-15-8-20(26)23(30)27-22(15)19)21(29)12-28-11-16-9-18(10-24(16,31)13-28)32-17-4-2-1-3-5-17/h1-7,16,18,20-21,29,31H,8-13H2,(H,27,30)/t16-,18+,20-,21?,24-/m1/s1. The first-order valence-corrected chi connectivity index (χ1v) is 10.9. The van der Waals surface area contributed by atoms with Gasteiger partial charge in [0.25, 0.3) is 5.91 Å². The second-order valence-electron chi connectivity index (χ2n) is 9.20. The molecule has 1 saturated carbocycles. The average molecular weight is 444 g/mol. The van der Waals surface area contributed by atoms with E-state index in [-0.39, 0.29) is 30.7 Å². The first-order chi connectivity index (χ1) is 15.3. The summed E-state index contributed by atoms with van der Waals surface area (Å²) >= 11 is 0. The highest BCUT2D eigenvalue weighted by molar-refractivity contribution is 5.97. The summed E-state index contributed by atoms with van der Waals surface area (Å²) in [5, 5.41) is 24.1. The van der Waals surface area contributed by atoms with Crippen LogP contribution in [-0.2, 0) is 11.2 Å². The molecule has 5 rings (SSSR count). The van der Waals surface area contributed by atoms with E-state index in [9.17, 15) is 23.8 Å². The molecule has 2 aromatic carbocycles. The normalized spacial score (nSPS) is 30.5. The summed E-state index contributed by atoms with van der Waals surface area (Å²) in [5.74, 6) is -0.716. The van der Waals surface area contributed by atoms with E-state index in [4.69, 9.17) is 4.74 Å². The summed E-state index contributed by atoms with van der Waals surface area (Å²) in [6.45, 7) is 1.24. The van der Waals surface area contributed by atoms with E-state index in [2.05, 4.69) is 5.32 Å². The number of amides is 1. The highest BCUT2D eigenvalue weighted by Crippen LogP contribution is 2.43. The van der Waals surface area contributed by atoms with Gasteiger partial charge in [0.1, 0.15) is 17.7 Å². The first kappa shape index (κ1) is 21.3. The molecule has 3 aliphatic rings. The van der Waals surface area contributed by atoms with Crippen molar-refractivity contribution in [1.82, 2.24) is 4.90 Å². The van der Waals surface area contributed by atoms with Gasteiger partial charge in [0, 0.05) is 38.4 Å². The van der Waals surface area contributed by atoms with Crippen molar-refractivity contribution < 1.29 is 28.5 Å². The number of aliphatic hydroxyl groups is 2. The van der Waals surface area contributed by atoms with Gasteiger partial charge in [-0.25, -0.2) is 8.78 Å². The molecule has 0 radical (unpaired) electrons. The molecule has 2 heterocycles. The van der Waals surface area contributed by atoms with Crippen LogP contribution in [0.3, 0.4) is 0 Å². The summed E-state index contributed by atoms with van der Waals surface area (Å²) in [4.78, 5) is 13.4. The molecule has 6 nitrogen and oxygen atoms in total. The number of rotatable bonds is 5. The monoisotopic (exact) mass is 444 g/mol. The quantitative estimate of drug-likeness (QED) is 0.661. The fraction of sp³-hybridized carbons (Fsp3) is 0.458. The maximum absolute atomic E-state index is 14.5. The van der Waals surface area contributed by atoms with Crippen LogP contribution in [0.15, 0.2) is 42.5 Å². The Morgan fingerprint density at radius 1 is 1.28 bits per heavy atom. The molecule has 2 aromatic rings. The number of likely N-dealkylation sites (tertiary alicyclic amines) is 1. The van der Waals surface area contributed by atoms with Gasteiger partial charge in [-0.2, -0.15) is 0 Å². The highest BCUT2D eigenvalue weighted by atomic mass is 19.1. The van der Waals surface area contributed by atoms with Crippen molar-refractivity contribution in [3.63, 3.8) is 0 Å². The summed E-state index contributed by atoms with van der Waals surface area (Å²) < 4.78 is 34.2. The van der Waals surface area contributed by atoms with Crippen molar-refractivity contribution in [3.05, 3.63) is 59.4 Å². The Kier molecular flexibility index (Phi) is 5.39. The maximum atomic E-state index is 14.5. The van der Waals surface area contributed by atoms with Crippen LogP contribution in [0.5, 0.6) is 5.75 Å². The zero-order chi connectivity index (χ0) is 22.5. The van der Waals surface area contributed by atoms with Crippen molar-refractivity contribution in [2.75, 3.05) is 25.0 Å². The number of benzene rings is 2. The Bertz CT molecular complexity index is 1020. The fourth-order valence-corrected chi connectivity index (χ4v) is 5.32. The predicted octanol–water partition coefficient (Wildman–Crippen LogP) is 2.60. The zero-order valence-corrected chi connectivity index (χ0v) is 17.5. The summed E-state index contributed by atoms with van der Waals surface area (Å²) in [7, 11) is 0. The van der Waals surface area contributed by atoms with Gasteiger partial charge in [0.15, 0.2) is 6.17 Å². The van der Waals surface area contributed by atoms with Gasteiger partial charge < -0.3 is 20.3 Å². The molecule has 0 aromatic heterocycles. The van der Waals surface area contributed by atoms with E-state index in [1.807, 2.05) is 35.2 Å². The Morgan fingerprint density at radius 2 is 2.06 bits per heavy atom. The van der Waals surface area contributed by atoms with Gasteiger partial charge in [0.05, 0.1) is 17.4 Å². The molecule has 32 heavy (non-hydrogen) atoms. The van der Waals surface area contributed by atoms with Gasteiger partial charge in [-0.3, -0.25) is 9.69 Å². The molecule has 1 unspecified atom stereocenters. The average Bonchev–Trinajstić information content (AvgIpc) is 3.20. The lowest BCUT2D eigenvalue weighted by Crippen LogP contribution is -2.36. The van der Waals surface area contributed by atoms with E-state index in [1.165, 1.54) is 6.07 Å². The summed E-state index contributed by atoms with van der Waals surface area (Å²) in [5.41, 5.74) is -0.233. The van der Waals surface area contributed by atoms with Gasteiger partial charge in [-0.05, 0) is 35.7 Å². The molecule has 8 heteroatoms. The predicted molar refractivity (Wildman–Crippen MR) is 114 cm³/mol. The lowest BCUT2D eigenvalue weighted by atomic mass is 9.95. The smallest absolute Gasteiger partial charge is 0.259 e. The third kappa shape index (κ3) is 3.98. The third-order valence-corrected chi connectivity index (χ3v) is 6.85. The second kappa shape index (κ2) is 8.10. The molecule has 0 spiro atoms. The van der Waals surface area contributed by atoms with Crippen LogP contribution in [0.2, 0.25) is 0 Å². The molecule has 0 bridgehead atoms. The molecule has 1 saturated heterocycles. The molecule has 1 aliphatic carbocycles. The molecule has 2 fully saturated rings. The lowest BCUT2D eigenvalue weighted by Gasteiger charge is -2.26. The molecular formula is C24H26F2N2O4. The van der Waals surface area contributed by atoms with Crippen LogP contribution in [0, 0.1) is 11.7 Å². The first-order valence-electron chi connectivity index (χ1n) is 10.9. The largest absolute Gasteiger partial charge is 0.490 e. The molecule has 3 N–H and O–H groups in total. The number of hydrogen-bond donors (Lipinski definition) is 3. The summed E-state index contributed by atoms with van der Waals surface area (Å²) in [6, 6.07) is 12.3. The Hall–Kier alpha value is -2.55. The number of aliphatic hydroxyl groups excluding tert-OH is 1. The Balaban J connectivity index is 1.22. The van der Waals surface area contributed by atoms with Crippen LogP contribution < -0.4 is 10.1 Å². The number of halogens is 2. The molecule has 1 amide bonds. The number of nitrogens with one attached hydrogen (secondary N) is 1. The minimum Gasteiger partial charge on any atom is -0.490 e. The minimum absolute atomic E-state index is 0.0191. The third-order valence-electron chi connectivity index (χ3n) is 6.85. The fourth-order valence-electron chi connectivity index (χ4n) is 5.32. The molecule has 5 atom stereocenters. The number of ether oxygens (including phenoxy) is 1. The number of anilines is 1. The number of carbonyl (C=O) groups is 1. The van der Waals surface area contributed by atoms with Crippen LogP contribution in [0.25, 0.3) is 0 Å². The van der Waals surface area contributed by atoms with E-state index >= 15 is 0 Å². The molecular weight excluding hydrogens is 418 g/mol. The van der Waals surface area contributed by atoms with Crippen LogP contribution in [0.1, 0.15) is 30.1 Å². The van der Waals surface area contributed by atoms with Crippen LogP contribution >= 0.6 is 0 Å². The van der Waals surface area contributed by atoms with Crippen LogP contribution in [0.4, 0.5) is 14.5 Å². The van der Waals surface area contributed by atoms with Gasteiger partial charge >= 0.3 is 0 Å². The maximum Gasteiger partial charge on any atom is 0.259 e. The second-order valence-corrected chi connectivity index (χ2v) is 9.20. The van der Waals surface area contributed by atoms with Crippen molar-refractivity contribution in [3.8, 4) is 5.75 Å². The van der Waals surface area contributed by atoms with E-state index < -0.39 is 29.6 Å². The van der Waals surface area contributed by atoms with E-state index in [1.54, 1.807) is 6.07 Å². The number of fused-ring (bicyclic) bond motifs is 2. The van der Waals surface area contributed by atoms with Gasteiger partial charge in [-0.15, -0.1) is 0 Å². The molecule has 170 valence electrons. The SMILES string of the molecule is O=C1Nc2c(F)cc(C(O)CN3C[C@H]4C[C@H](Oc5ccccc5)C[C@@]4(O)C3)cc2C[C@H]1F. The zero-order valence-electron chi connectivity index (χ0n) is 17.5. The van der Waals surface area contributed by atoms with Gasteiger partial charge in [-0.1, -0.05) is 24.3 Å². The number of nitrogens with zero attached hydrogens (tertiary/aromatic N) is 1. The van der Waals surface area contributed by atoms with E-state index in [0.717, 1.165) is 12.2 Å². The highest BCUT2D eigenvalue weighted by Gasteiger charge is 2.52. The lowest BCUT2D eigenvalue weighted by molar-refractivity contribution is -0.121. The van der Waals surface area contributed by atoms with Crippen molar-refractivity contribution in [2.24, 2.45) is 5.92 Å². The van der Waals surface area contributed by atoms with E-state index in [0.29, 0.717) is 30.6 Å². The number of hydrogen-bond acceptors (Lipinski definition) is 5. The number of para-hydroxylation sites is 1. The van der Waals surface area contributed by atoms with Crippen molar-refractivity contribution in [2.45, 2.75) is 43.2 Å². The Morgan fingerprint density at radius 3 is 2.81 bits per heavy atom. The van der Waals surface area contributed by atoms with Gasteiger partial charge in [0.2, 0.25) is 0 Å². The minimum atomic E-state index is -1.73. The number of carbonyl (C=O) groups excluding carboxylic acids is 1. The number of alkyl halides is 1. The topological polar surface area (TPSA) is 82.0 Å². The Labute approximate surface area is 184 Å². The molecule has 2 aliphatic heterocycles. The number of β-amino-alcohol motifs (C(OH)–C–C–N with tert-alkyl or cyclic N) is 2. The van der Waals surface area contributed by atoms with Crippen molar-refractivity contribution in [1.29, 1.82) is 0 Å².